The average Bonchev–Trinajstić information content (AvgIpc) is 3.38. The van der Waals surface area contributed by atoms with Crippen LogP contribution in [0.25, 0.3) is 10.4 Å². The molecule has 2 unspecified atom stereocenters. The second kappa shape index (κ2) is 11.9. The molecule has 2 aliphatic rings. The Morgan fingerprint density at radius 2 is 1.82 bits per heavy atom. The number of carbonyl (C=O) groups excluding carboxylic acids is 1. The molecule has 2 fully saturated rings. The van der Waals surface area contributed by atoms with Gasteiger partial charge >= 0.3 is 5.97 Å². The largest absolute Gasteiger partial charge is 0.480 e. The van der Waals surface area contributed by atoms with Gasteiger partial charge in [-0.1, -0.05) is 35.9 Å². The summed E-state index contributed by atoms with van der Waals surface area (Å²) in [6.45, 7) is 2.77. The molecular weight excluding hydrogens is 585 g/mol. The molecule has 0 spiro atoms. The predicted octanol–water partition coefficient (Wildman–Crippen LogP) is 4.05. The highest BCUT2D eigenvalue weighted by molar-refractivity contribution is 7.91. The number of amides is 1. The van der Waals surface area contributed by atoms with E-state index >= 15 is 0 Å². The second-order valence-electron chi connectivity index (χ2n) is 9.33. The molecule has 1 saturated carbocycles. The average molecular weight is 613 g/mol. The summed E-state index contributed by atoms with van der Waals surface area (Å²) in [5.41, 5.74) is 0.304. The number of aliphatic carboxylic acids is 1. The molecule has 1 aliphatic carbocycles. The monoisotopic (exact) mass is 611 g/mol. The number of anilines is 1. The Hall–Kier alpha value is -2.51. The minimum Gasteiger partial charge on any atom is -0.480 e. The summed E-state index contributed by atoms with van der Waals surface area (Å²) in [6, 6.07) is 17.1. The first-order valence-corrected chi connectivity index (χ1v) is 14.7. The molecule has 39 heavy (non-hydrogen) atoms. The van der Waals surface area contributed by atoms with Crippen molar-refractivity contribution >= 4 is 62.9 Å². The van der Waals surface area contributed by atoms with E-state index in [9.17, 15) is 23.1 Å². The Labute approximate surface area is 241 Å². The number of hydrogen-bond donors (Lipinski definition) is 3. The van der Waals surface area contributed by atoms with Gasteiger partial charge in [-0.2, -0.15) is 4.72 Å². The summed E-state index contributed by atoms with van der Waals surface area (Å²) in [6.07, 6.45) is 0.0994. The van der Waals surface area contributed by atoms with Crippen molar-refractivity contribution in [3.63, 3.8) is 0 Å². The maximum Gasteiger partial charge on any atom is 0.325 e. The molecule has 1 aliphatic heterocycles. The van der Waals surface area contributed by atoms with Crippen LogP contribution in [0.4, 0.5) is 5.69 Å². The molecule has 1 aromatic heterocycles. The van der Waals surface area contributed by atoms with Crippen LogP contribution in [0.3, 0.4) is 0 Å². The topological polar surface area (TPSA) is 125 Å². The second-order valence-corrected chi connectivity index (χ2v) is 12.8. The first kappa shape index (κ1) is 29.5. The smallest absolute Gasteiger partial charge is 0.325 e. The van der Waals surface area contributed by atoms with Crippen LogP contribution in [-0.4, -0.2) is 68.7 Å². The van der Waals surface area contributed by atoms with Gasteiger partial charge in [-0.15, -0.1) is 23.7 Å². The molecule has 2 aromatic carbocycles. The summed E-state index contributed by atoms with van der Waals surface area (Å²) in [5.74, 6) is -2.01. The number of ether oxygens (including phenoxy) is 1. The molecule has 1 amide bonds. The van der Waals surface area contributed by atoms with Crippen LogP contribution >= 0.6 is 35.3 Å². The number of carboxylic acid groups (broad SMARTS) is 1. The van der Waals surface area contributed by atoms with Crippen LogP contribution in [0.5, 0.6) is 0 Å². The quantitative estimate of drug-likeness (QED) is 0.333. The molecular formula is C26H27Cl2N3O6S2. The van der Waals surface area contributed by atoms with Crippen molar-refractivity contribution in [3.8, 4) is 10.4 Å². The molecule has 0 bridgehead atoms. The van der Waals surface area contributed by atoms with Gasteiger partial charge in [0.2, 0.25) is 5.91 Å². The van der Waals surface area contributed by atoms with Gasteiger partial charge in [-0.3, -0.25) is 14.5 Å². The lowest BCUT2D eigenvalue weighted by atomic mass is 10.1. The Morgan fingerprint density at radius 1 is 1.10 bits per heavy atom. The highest BCUT2D eigenvalue weighted by Crippen LogP contribution is 2.53. The molecule has 3 N–H and O–H groups in total. The van der Waals surface area contributed by atoms with Crippen LogP contribution in [-0.2, 0) is 24.3 Å². The lowest BCUT2D eigenvalue weighted by molar-refractivity contribution is -0.140. The van der Waals surface area contributed by atoms with E-state index in [2.05, 4.69) is 10.0 Å². The van der Waals surface area contributed by atoms with Crippen molar-refractivity contribution < 1.29 is 27.9 Å². The Balaban J connectivity index is 0.00000353. The fraction of sp³-hybridized carbons (Fsp3) is 0.308. The third-order valence-corrected chi connectivity index (χ3v) is 10.1. The molecule has 5 rings (SSSR count). The zero-order chi connectivity index (χ0) is 26.9. The van der Waals surface area contributed by atoms with E-state index in [0.717, 1.165) is 21.8 Å². The fourth-order valence-electron chi connectivity index (χ4n) is 4.58. The standard InChI is InChI=1S/C26H26ClN3O6S2.ClH/c27-19-6-4-17(5-7-19)22-8-9-24(37-22)38(34,35)29-26(25(32)33)15-21(26)18-2-1-3-20(14-18)28-23(31)16-30-10-12-36-13-11-30;/h1-9,14,21,29H,10-13,15-16H2,(H,28,31)(H,32,33);1H. The third-order valence-electron chi connectivity index (χ3n) is 6.68. The maximum atomic E-state index is 13.2. The van der Waals surface area contributed by atoms with Gasteiger partial charge in [0.15, 0.2) is 0 Å². The van der Waals surface area contributed by atoms with Crippen molar-refractivity contribution in [2.45, 2.75) is 22.1 Å². The zero-order valence-electron chi connectivity index (χ0n) is 20.6. The highest BCUT2D eigenvalue weighted by Gasteiger charge is 2.63. The minimum atomic E-state index is -4.11. The van der Waals surface area contributed by atoms with Crippen LogP contribution in [0.1, 0.15) is 17.9 Å². The summed E-state index contributed by atoms with van der Waals surface area (Å²) in [7, 11) is -4.11. The number of sulfonamides is 1. The molecule has 9 nitrogen and oxygen atoms in total. The Bertz CT molecular complexity index is 1460. The highest BCUT2D eigenvalue weighted by atomic mass is 35.5. The van der Waals surface area contributed by atoms with Crippen LogP contribution < -0.4 is 10.0 Å². The van der Waals surface area contributed by atoms with Crippen molar-refractivity contribution in [1.82, 2.24) is 9.62 Å². The first-order valence-electron chi connectivity index (χ1n) is 12.0. The summed E-state index contributed by atoms with van der Waals surface area (Å²) >= 11 is 6.99. The molecule has 13 heteroatoms. The number of benzene rings is 2. The number of nitrogens with zero attached hydrogens (tertiary/aromatic N) is 1. The van der Waals surface area contributed by atoms with Gasteiger partial charge < -0.3 is 15.2 Å². The van der Waals surface area contributed by atoms with Gasteiger partial charge in [-0.05, 0) is 53.9 Å². The van der Waals surface area contributed by atoms with Crippen molar-refractivity contribution in [2.75, 3.05) is 38.2 Å². The number of hydrogen-bond acceptors (Lipinski definition) is 7. The van der Waals surface area contributed by atoms with Crippen molar-refractivity contribution in [1.29, 1.82) is 0 Å². The lowest BCUT2D eigenvalue weighted by Gasteiger charge is -2.25. The minimum absolute atomic E-state index is 0. The van der Waals surface area contributed by atoms with Crippen molar-refractivity contribution in [2.24, 2.45) is 0 Å². The SMILES string of the molecule is Cl.O=C(CN1CCOCC1)Nc1cccc(C2CC2(NS(=O)(=O)c2ccc(-c3ccc(Cl)cc3)s2)C(=O)O)c1. The Kier molecular flexibility index (Phi) is 9.01. The molecule has 3 aromatic rings. The zero-order valence-corrected chi connectivity index (χ0v) is 23.8. The van der Waals surface area contributed by atoms with Gasteiger partial charge in [0.1, 0.15) is 9.75 Å². The van der Waals surface area contributed by atoms with Crippen molar-refractivity contribution in [3.05, 3.63) is 71.2 Å². The predicted molar refractivity (Wildman–Crippen MR) is 152 cm³/mol. The third kappa shape index (κ3) is 6.63. The number of nitrogens with one attached hydrogen (secondary N) is 2. The maximum absolute atomic E-state index is 13.2. The van der Waals surface area contributed by atoms with E-state index in [1.165, 1.54) is 6.07 Å². The number of carbonyl (C=O) groups is 2. The number of morpholine rings is 1. The molecule has 0 radical (unpaired) electrons. The number of rotatable bonds is 9. The van der Waals surface area contributed by atoms with E-state index < -0.39 is 27.4 Å². The first-order chi connectivity index (χ1) is 18.2. The van der Waals surface area contributed by atoms with E-state index in [1.807, 2.05) is 4.90 Å². The normalized spacial score (nSPS) is 21.1. The summed E-state index contributed by atoms with van der Waals surface area (Å²) in [4.78, 5) is 27.5. The van der Waals surface area contributed by atoms with E-state index in [1.54, 1.807) is 54.6 Å². The Morgan fingerprint density at radius 3 is 2.51 bits per heavy atom. The van der Waals surface area contributed by atoms with Crippen LogP contribution in [0.15, 0.2) is 64.9 Å². The number of carboxylic acids is 1. The number of halogens is 2. The molecule has 2 heterocycles. The lowest BCUT2D eigenvalue weighted by Crippen LogP contribution is -2.44. The molecule has 208 valence electrons. The molecule has 1 saturated heterocycles. The van der Waals surface area contributed by atoms with E-state index in [4.69, 9.17) is 16.3 Å². The van der Waals surface area contributed by atoms with Gasteiger partial charge in [-0.25, -0.2) is 8.42 Å². The van der Waals surface area contributed by atoms with Gasteiger partial charge in [0.25, 0.3) is 10.0 Å². The van der Waals surface area contributed by atoms with E-state index in [-0.39, 0.29) is 35.5 Å². The van der Waals surface area contributed by atoms with Crippen LogP contribution in [0, 0.1) is 0 Å². The van der Waals surface area contributed by atoms with Gasteiger partial charge in [0, 0.05) is 34.6 Å². The van der Waals surface area contributed by atoms with Crippen LogP contribution in [0.2, 0.25) is 5.02 Å². The number of thiophene rings is 1. The summed E-state index contributed by atoms with van der Waals surface area (Å²) < 4.78 is 34.2. The van der Waals surface area contributed by atoms with E-state index in [0.29, 0.717) is 42.6 Å². The molecule has 2 atom stereocenters. The summed E-state index contributed by atoms with van der Waals surface area (Å²) in [5, 5.41) is 13.5. The van der Waals surface area contributed by atoms with Gasteiger partial charge in [0.05, 0.1) is 19.8 Å². The fourth-order valence-corrected chi connectivity index (χ4v) is 7.42.